The van der Waals surface area contributed by atoms with E-state index in [9.17, 15) is 4.79 Å². The summed E-state index contributed by atoms with van der Waals surface area (Å²) in [5.41, 5.74) is 10.0. The Morgan fingerprint density at radius 2 is 2.06 bits per heavy atom. The van der Waals surface area contributed by atoms with E-state index in [1.165, 1.54) is 0 Å². The van der Waals surface area contributed by atoms with Crippen LogP contribution in [0.2, 0.25) is 0 Å². The summed E-state index contributed by atoms with van der Waals surface area (Å²) >= 11 is 3.47. The molecule has 0 radical (unpaired) electrons. The molecule has 0 aliphatic carbocycles. The second-order valence-corrected chi connectivity index (χ2v) is 6.20. The molecular formula is C13H16BrN3O. The molecule has 4 nitrogen and oxygen atoms in total. The number of nitrogens with zero attached hydrogens (tertiary/aromatic N) is 3. The third-order valence-corrected chi connectivity index (χ3v) is 3.51. The van der Waals surface area contributed by atoms with Crippen LogP contribution >= 0.6 is 15.9 Å². The molecule has 0 saturated heterocycles. The number of halogens is 1. The van der Waals surface area contributed by atoms with Crippen molar-refractivity contribution in [1.82, 2.24) is 0 Å². The second kappa shape index (κ2) is 6.57. The zero-order valence-electron chi connectivity index (χ0n) is 10.6. The largest absolute Gasteiger partial charge is 0.293 e. The van der Waals surface area contributed by atoms with Crippen LogP contribution in [0.4, 0.5) is 0 Å². The first-order valence-electron chi connectivity index (χ1n) is 5.78. The van der Waals surface area contributed by atoms with E-state index >= 15 is 0 Å². The maximum absolute atomic E-state index is 12.3. The highest BCUT2D eigenvalue weighted by Crippen LogP contribution is 2.28. The van der Waals surface area contributed by atoms with Gasteiger partial charge in [0.25, 0.3) is 0 Å². The lowest BCUT2D eigenvalue weighted by atomic mass is 9.94. The van der Waals surface area contributed by atoms with Crippen molar-refractivity contribution >= 4 is 21.7 Å². The standard InChI is InChI=1S/C13H16BrN3O/c1-10-4-6-11(7-5-10)12(18)13(2,14)8-3-9-16-17-15/h4-7H,3,8-9H2,1-2H3. The highest BCUT2D eigenvalue weighted by Gasteiger charge is 2.29. The van der Waals surface area contributed by atoms with Gasteiger partial charge in [-0.05, 0) is 32.2 Å². The number of carbonyl (C=O) groups is 1. The molecule has 0 fully saturated rings. The Hall–Kier alpha value is -1.32. The minimum absolute atomic E-state index is 0.0587. The third kappa shape index (κ3) is 4.17. The molecule has 0 N–H and O–H groups in total. The van der Waals surface area contributed by atoms with Gasteiger partial charge in [-0.15, -0.1) is 0 Å². The molecule has 1 unspecified atom stereocenters. The van der Waals surface area contributed by atoms with Gasteiger partial charge in [-0.1, -0.05) is 50.9 Å². The Morgan fingerprint density at radius 1 is 1.44 bits per heavy atom. The molecule has 0 aliphatic rings. The second-order valence-electron chi connectivity index (χ2n) is 4.45. The number of aryl methyl sites for hydroxylation is 1. The lowest BCUT2D eigenvalue weighted by Crippen LogP contribution is -2.28. The summed E-state index contributed by atoms with van der Waals surface area (Å²) in [6.45, 7) is 4.26. The van der Waals surface area contributed by atoms with E-state index in [1.54, 1.807) is 0 Å². The zero-order valence-corrected chi connectivity index (χ0v) is 12.1. The monoisotopic (exact) mass is 309 g/mol. The number of ketones is 1. The average molecular weight is 310 g/mol. The van der Waals surface area contributed by atoms with Crippen LogP contribution in [0.5, 0.6) is 0 Å². The van der Waals surface area contributed by atoms with Crippen LogP contribution in [0.15, 0.2) is 29.4 Å². The fourth-order valence-electron chi connectivity index (χ4n) is 1.65. The fraction of sp³-hybridized carbons (Fsp3) is 0.462. The van der Waals surface area contributed by atoms with E-state index in [1.807, 2.05) is 38.1 Å². The van der Waals surface area contributed by atoms with Crippen molar-refractivity contribution in [3.05, 3.63) is 45.8 Å². The van der Waals surface area contributed by atoms with Gasteiger partial charge in [-0.3, -0.25) is 4.79 Å². The van der Waals surface area contributed by atoms with Gasteiger partial charge in [0.05, 0.1) is 4.32 Å². The van der Waals surface area contributed by atoms with Gasteiger partial charge in [0, 0.05) is 17.0 Å². The summed E-state index contributed by atoms with van der Waals surface area (Å²) in [5, 5.41) is 3.47. The normalized spacial score (nSPS) is 13.5. The SMILES string of the molecule is Cc1ccc(C(=O)C(C)(Br)CCCN=[N+]=[N-])cc1. The first-order valence-corrected chi connectivity index (χ1v) is 6.58. The number of rotatable bonds is 6. The predicted molar refractivity (Wildman–Crippen MR) is 76.1 cm³/mol. The molecule has 0 amide bonds. The maximum Gasteiger partial charge on any atom is 0.179 e. The molecule has 1 atom stereocenters. The Bertz CT molecular complexity index is 462. The Labute approximate surface area is 115 Å². The Kier molecular flexibility index (Phi) is 5.38. The molecule has 0 aliphatic heterocycles. The van der Waals surface area contributed by atoms with Crippen molar-refractivity contribution in [1.29, 1.82) is 0 Å². The highest BCUT2D eigenvalue weighted by atomic mass is 79.9. The molecule has 1 aromatic carbocycles. The Balaban J connectivity index is 2.68. The first kappa shape index (κ1) is 14.7. The topological polar surface area (TPSA) is 65.8 Å². The molecule has 1 aromatic rings. The van der Waals surface area contributed by atoms with Gasteiger partial charge in [0.15, 0.2) is 5.78 Å². The quantitative estimate of drug-likeness (QED) is 0.191. The van der Waals surface area contributed by atoms with Gasteiger partial charge in [0.1, 0.15) is 0 Å². The van der Waals surface area contributed by atoms with Crippen LogP contribution in [0.1, 0.15) is 35.7 Å². The summed E-state index contributed by atoms with van der Waals surface area (Å²) in [4.78, 5) is 15.0. The number of azide groups is 1. The number of Topliss-reactive ketones (excluding diaryl/α,β-unsaturated/α-hetero) is 1. The number of carbonyl (C=O) groups excluding carboxylic acids is 1. The van der Waals surface area contributed by atoms with Crippen LogP contribution in [0.3, 0.4) is 0 Å². The fourth-order valence-corrected chi connectivity index (χ4v) is 2.16. The number of alkyl halides is 1. The molecule has 18 heavy (non-hydrogen) atoms. The summed E-state index contributed by atoms with van der Waals surface area (Å²) in [6.07, 6.45) is 1.32. The lowest BCUT2D eigenvalue weighted by Gasteiger charge is -2.20. The molecule has 5 heteroatoms. The zero-order chi connectivity index (χ0) is 13.6. The predicted octanol–water partition coefficient (Wildman–Crippen LogP) is 4.42. The molecular weight excluding hydrogens is 294 g/mol. The number of hydrogen-bond acceptors (Lipinski definition) is 2. The van der Waals surface area contributed by atoms with Crippen molar-refractivity contribution in [2.24, 2.45) is 5.11 Å². The summed E-state index contributed by atoms with van der Waals surface area (Å²) in [5.74, 6) is 0.0587. The minimum Gasteiger partial charge on any atom is -0.293 e. The van der Waals surface area contributed by atoms with Crippen molar-refractivity contribution < 1.29 is 4.79 Å². The molecule has 0 heterocycles. The van der Waals surface area contributed by atoms with Crippen LogP contribution < -0.4 is 0 Å². The summed E-state index contributed by atoms with van der Waals surface area (Å²) in [6, 6.07) is 7.53. The molecule has 0 spiro atoms. The smallest absolute Gasteiger partial charge is 0.179 e. The molecule has 96 valence electrons. The van der Waals surface area contributed by atoms with Crippen molar-refractivity contribution in [3.63, 3.8) is 0 Å². The molecule has 0 saturated carbocycles. The first-order chi connectivity index (χ1) is 8.47. The van der Waals surface area contributed by atoms with Gasteiger partial charge in [0.2, 0.25) is 0 Å². The number of hydrogen-bond donors (Lipinski definition) is 0. The maximum atomic E-state index is 12.3. The highest BCUT2D eigenvalue weighted by molar-refractivity contribution is 9.10. The van der Waals surface area contributed by atoms with E-state index in [4.69, 9.17) is 5.53 Å². The lowest BCUT2D eigenvalue weighted by molar-refractivity contribution is 0.0948. The average Bonchev–Trinajstić information content (AvgIpc) is 2.35. The number of benzene rings is 1. The van der Waals surface area contributed by atoms with E-state index < -0.39 is 4.32 Å². The van der Waals surface area contributed by atoms with Crippen molar-refractivity contribution in [2.75, 3.05) is 6.54 Å². The Morgan fingerprint density at radius 3 is 2.61 bits per heavy atom. The van der Waals surface area contributed by atoms with E-state index in [0.717, 1.165) is 5.56 Å². The van der Waals surface area contributed by atoms with Crippen molar-refractivity contribution in [2.45, 2.75) is 31.0 Å². The van der Waals surface area contributed by atoms with E-state index in [-0.39, 0.29) is 5.78 Å². The van der Waals surface area contributed by atoms with E-state index in [0.29, 0.717) is 24.9 Å². The van der Waals surface area contributed by atoms with Crippen LogP contribution in [0, 0.1) is 6.92 Å². The van der Waals surface area contributed by atoms with Gasteiger partial charge in [-0.25, -0.2) is 0 Å². The summed E-state index contributed by atoms with van der Waals surface area (Å²) < 4.78 is -0.604. The summed E-state index contributed by atoms with van der Waals surface area (Å²) in [7, 11) is 0. The van der Waals surface area contributed by atoms with Gasteiger partial charge >= 0.3 is 0 Å². The van der Waals surface area contributed by atoms with E-state index in [2.05, 4.69) is 26.0 Å². The van der Waals surface area contributed by atoms with Gasteiger partial charge < -0.3 is 0 Å². The van der Waals surface area contributed by atoms with Crippen LogP contribution in [-0.2, 0) is 0 Å². The molecule has 0 bridgehead atoms. The van der Waals surface area contributed by atoms with Crippen LogP contribution in [-0.4, -0.2) is 16.7 Å². The minimum atomic E-state index is -0.604. The van der Waals surface area contributed by atoms with Crippen molar-refractivity contribution in [3.8, 4) is 0 Å². The third-order valence-electron chi connectivity index (χ3n) is 2.75. The van der Waals surface area contributed by atoms with Crippen LogP contribution in [0.25, 0.3) is 10.4 Å². The molecule has 1 rings (SSSR count). The van der Waals surface area contributed by atoms with Gasteiger partial charge in [-0.2, -0.15) is 0 Å². The molecule has 0 aromatic heterocycles.